The van der Waals surface area contributed by atoms with Crippen LogP contribution >= 0.6 is 31.0 Å². The van der Waals surface area contributed by atoms with Crippen LogP contribution in [-0.2, 0) is 14.6 Å². The lowest BCUT2D eigenvalue weighted by Crippen LogP contribution is -2.22. The number of hydrogen-bond acceptors (Lipinski definition) is 5. The van der Waals surface area contributed by atoms with E-state index in [1.165, 1.54) is 6.07 Å². The first-order chi connectivity index (χ1) is 9.92. The number of nitrogens with one attached hydrogen (secondary N) is 1. The highest BCUT2D eigenvalue weighted by atomic mass is 35.5. The third-order valence-corrected chi connectivity index (χ3v) is 6.37. The zero-order valence-corrected chi connectivity index (χ0v) is 14.1. The first kappa shape index (κ1) is 16.7. The Hall–Kier alpha value is -0.630. The quantitative estimate of drug-likeness (QED) is 0.576. The summed E-state index contributed by atoms with van der Waals surface area (Å²) >= 11 is 6.62. The van der Waals surface area contributed by atoms with Crippen LogP contribution in [-0.4, -0.2) is 32.1 Å². The molecule has 0 fully saturated rings. The van der Waals surface area contributed by atoms with Crippen LogP contribution in [0.25, 0.3) is 10.1 Å². The molecule has 0 saturated heterocycles. The van der Waals surface area contributed by atoms with Gasteiger partial charge in [0.15, 0.2) is 0 Å². The first-order valence-corrected chi connectivity index (χ1v) is 10.3. The number of benzene rings is 1. The van der Waals surface area contributed by atoms with Crippen LogP contribution in [0, 0.1) is 0 Å². The van der Waals surface area contributed by atoms with Crippen molar-refractivity contribution in [3.8, 4) is 5.75 Å². The number of fused-ring (bicyclic) bond motifs is 1. The van der Waals surface area contributed by atoms with Crippen molar-refractivity contribution in [1.82, 2.24) is 4.72 Å². The number of thiophene rings is 1. The van der Waals surface area contributed by atoms with Crippen molar-refractivity contribution in [2.45, 2.75) is 4.21 Å². The lowest BCUT2D eigenvalue weighted by molar-refractivity contribution is 0.343. The average molecular weight is 370 g/mol. The van der Waals surface area contributed by atoms with Gasteiger partial charge in [0.2, 0.25) is 8.03 Å². The van der Waals surface area contributed by atoms with Gasteiger partial charge in [-0.05, 0) is 29.7 Å². The summed E-state index contributed by atoms with van der Waals surface area (Å²) in [5.74, 6) is 0.976. The summed E-state index contributed by atoms with van der Waals surface area (Å²) < 4.78 is 42.9. The van der Waals surface area contributed by atoms with Crippen molar-refractivity contribution in [2.75, 3.05) is 18.8 Å². The Morgan fingerprint density at radius 3 is 2.81 bits per heavy atom. The molecule has 0 amide bonds. The second kappa shape index (κ2) is 7.09. The smallest absolute Gasteiger partial charge is 0.250 e. The van der Waals surface area contributed by atoms with Crippen LogP contribution in [0.15, 0.2) is 28.5 Å². The van der Waals surface area contributed by atoms with Crippen LogP contribution < -0.4 is 9.46 Å². The minimum atomic E-state index is -3.77. The molecule has 0 spiro atoms. The van der Waals surface area contributed by atoms with Gasteiger partial charge in [0.25, 0.3) is 10.0 Å². The molecule has 0 aliphatic carbocycles. The zero-order valence-electron chi connectivity index (χ0n) is 10.7. The minimum absolute atomic E-state index is 0.0928. The molecule has 1 atom stereocenters. The van der Waals surface area contributed by atoms with Gasteiger partial charge in [0.05, 0.1) is 12.2 Å². The van der Waals surface area contributed by atoms with Gasteiger partial charge in [-0.15, -0.1) is 22.9 Å². The molecule has 0 aliphatic heterocycles. The average Bonchev–Trinajstić information content (AvgIpc) is 2.87. The van der Waals surface area contributed by atoms with E-state index in [9.17, 15) is 13.0 Å². The molecule has 0 aliphatic rings. The molecule has 2 aromatic rings. The maximum atomic E-state index is 12.0. The van der Waals surface area contributed by atoms with Gasteiger partial charge in [-0.25, -0.2) is 13.1 Å². The molecule has 2 N–H and O–H groups in total. The Morgan fingerprint density at radius 2 is 2.14 bits per heavy atom. The van der Waals surface area contributed by atoms with E-state index >= 15 is 0 Å². The van der Waals surface area contributed by atoms with E-state index in [0.29, 0.717) is 18.2 Å². The Labute approximate surface area is 131 Å². The van der Waals surface area contributed by atoms with Gasteiger partial charge in [0.1, 0.15) is 16.6 Å². The highest BCUT2D eigenvalue weighted by Gasteiger charge is 2.18. The Bertz CT molecular complexity index is 761. The molecule has 21 heavy (non-hydrogen) atoms. The van der Waals surface area contributed by atoms with E-state index in [2.05, 4.69) is 4.72 Å². The highest BCUT2D eigenvalue weighted by molar-refractivity contribution is 7.92. The lowest BCUT2D eigenvalue weighted by Gasteiger charge is -2.02. The monoisotopic (exact) mass is 369 g/mol. The van der Waals surface area contributed by atoms with Crippen molar-refractivity contribution in [2.24, 2.45) is 0 Å². The van der Waals surface area contributed by atoms with E-state index in [1.54, 1.807) is 18.2 Å². The molecule has 1 unspecified atom stereocenters. The first-order valence-electron chi connectivity index (χ1n) is 5.86. The van der Waals surface area contributed by atoms with Gasteiger partial charge in [-0.3, -0.25) is 4.57 Å². The standard InChI is InChI=1S/C11H13ClNO5PS2/c12-3-4-18-9-1-2-10-8(5-9)6-11(20-10)21(16,17)13-7-19(14)15/h1-2,5-6,13,19H,3-4,7H2,(H,14,15). The number of ether oxygens (including phenoxy) is 1. The van der Waals surface area contributed by atoms with Crippen molar-refractivity contribution < 1.29 is 22.6 Å². The molecule has 1 aromatic heterocycles. The predicted molar refractivity (Wildman–Crippen MR) is 84.4 cm³/mol. The third kappa shape index (κ3) is 4.42. The van der Waals surface area contributed by atoms with Crippen LogP contribution in [0.5, 0.6) is 5.75 Å². The second-order valence-electron chi connectivity index (χ2n) is 4.02. The number of sulfonamides is 1. The molecule has 6 nitrogen and oxygen atoms in total. The molecular weight excluding hydrogens is 357 g/mol. The van der Waals surface area contributed by atoms with Gasteiger partial charge in [-0.1, -0.05) is 0 Å². The molecule has 1 aromatic carbocycles. The number of rotatable bonds is 7. The van der Waals surface area contributed by atoms with E-state index in [0.717, 1.165) is 21.4 Å². The van der Waals surface area contributed by atoms with E-state index < -0.39 is 24.3 Å². The summed E-state index contributed by atoms with van der Waals surface area (Å²) in [6.45, 7) is 0.370. The molecule has 10 heteroatoms. The zero-order chi connectivity index (χ0) is 15.5. The highest BCUT2D eigenvalue weighted by Crippen LogP contribution is 2.31. The normalized spacial score (nSPS) is 13.4. The molecule has 2 rings (SSSR count). The number of hydrogen-bond donors (Lipinski definition) is 2. The summed E-state index contributed by atoms with van der Waals surface area (Å²) in [5, 5.41) is 0.726. The molecule has 116 valence electrons. The van der Waals surface area contributed by atoms with E-state index in [4.69, 9.17) is 21.2 Å². The summed E-state index contributed by atoms with van der Waals surface area (Å²) in [4.78, 5) is 8.72. The maximum Gasteiger partial charge on any atom is 0.250 e. The number of alkyl halides is 1. The van der Waals surface area contributed by atoms with Crippen LogP contribution in [0.4, 0.5) is 0 Å². The van der Waals surface area contributed by atoms with Crippen LogP contribution in [0.1, 0.15) is 0 Å². The lowest BCUT2D eigenvalue weighted by atomic mass is 10.2. The molecular formula is C11H13ClNO5PS2. The van der Waals surface area contributed by atoms with Crippen LogP contribution in [0.3, 0.4) is 0 Å². The predicted octanol–water partition coefficient (Wildman–Crippen LogP) is 2.22. The minimum Gasteiger partial charge on any atom is -0.492 e. The summed E-state index contributed by atoms with van der Waals surface area (Å²) in [5.41, 5.74) is 0. The van der Waals surface area contributed by atoms with Gasteiger partial charge < -0.3 is 9.63 Å². The van der Waals surface area contributed by atoms with Gasteiger partial charge in [-0.2, -0.15) is 0 Å². The summed E-state index contributed by atoms with van der Waals surface area (Å²) in [6, 6.07) is 6.73. The third-order valence-electron chi connectivity index (χ3n) is 2.49. The van der Waals surface area contributed by atoms with E-state index in [1.807, 2.05) is 0 Å². The van der Waals surface area contributed by atoms with Gasteiger partial charge in [0, 0.05) is 4.70 Å². The molecule has 1 heterocycles. The fourth-order valence-corrected chi connectivity index (χ4v) is 5.02. The Kier molecular flexibility index (Phi) is 5.65. The Balaban J connectivity index is 2.27. The van der Waals surface area contributed by atoms with Crippen LogP contribution in [0.2, 0.25) is 0 Å². The maximum absolute atomic E-state index is 12.0. The summed E-state index contributed by atoms with van der Waals surface area (Å²) in [7, 11) is -6.66. The van der Waals surface area contributed by atoms with Crippen molar-refractivity contribution >= 4 is 51.1 Å². The largest absolute Gasteiger partial charge is 0.492 e. The topological polar surface area (TPSA) is 92.7 Å². The number of halogens is 1. The fourth-order valence-electron chi connectivity index (χ4n) is 1.60. The second-order valence-corrected chi connectivity index (χ2v) is 8.62. The van der Waals surface area contributed by atoms with Crippen molar-refractivity contribution in [1.29, 1.82) is 0 Å². The fraction of sp³-hybridized carbons (Fsp3) is 0.273. The molecule has 0 radical (unpaired) electrons. The summed E-state index contributed by atoms with van der Waals surface area (Å²) in [6.07, 6.45) is -0.467. The molecule has 0 bridgehead atoms. The van der Waals surface area contributed by atoms with E-state index in [-0.39, 0.29) is 4.21 Å². The SMILES string of the molecule is O=[PH](O)CNS(=O)(=O)c1cc2cc(OCCCl)ccc2s1. The van der Waals surface area contributed by atoms with Crippen molar-refractivity contribution in [3.63, 3.8) is 0 Å². The Morgan fingerprint density at radius 1 is 1.38 bits per heavy atom. The van der Waals surface area contributed by atoms with Crippen molar-refractivity contribution in [3.05, 3.63) is 24.3 Å². The van der Waals surface area contributed by atoms with Gasteiger partial charge >= 0.3 is 0 Å². The molecule has 0 saturated carbocycles.